The van der Waals surface area contributed by atoms with Crippen molar-refractivity contribution in [3.8, 4) is 0 Å². The van der Waals surface area contributed by atoms with E-state index in [1.54, 1.807) is 39.0 Å². The maximum Gasteiger partial charge on any atom is 0.407 e. The first-order valence-corrected chi connectivity index (χ1v) is 10.0. The summed E-state index contributed by atoms with van der Waals surface area (Å²) in [6.45, 7) is 5.52. The van der Waals surface area contributed by atoms with Crippen LogP contribution in [0.1, 0.15) is 36.0 Å². The molecule has 0 fully saturated rings. The van der Waals surface area contributed by atoms with Crippen molar-refractivity contribution in [3.05, 3.63) is 56.4 Å². The number of halogens is 2. The average Bonchev–Trinajstić information content (AvgIpc) is 2.99. The van der Waals surface area contributed by atoms with E-state index in [2.05, 4.69) is 21.2 Å². The van der Waals surface area contributed by atoms with Gasteiger partial charge in [0.25, 0.3) is 5.91 Å². The Balaban J connectivity index is 2.22. The largest absolute Gasteiger partial charge is 0.465 e. The van der Waals surface area contributed by atoms with Gasteiger partial charge in [-0.2, -0.15) is 0 Å². The molecule has 0 spiro atoms. The van der Waals surface area contributed by atoms with Gasteiger partial charge in [0.15, 0.2) is 0 Å². The predicted molar refractivity (Wildman–Crippen MR) is 108 cm³/mol. The van der Waals surface area contributed by atoms with E-state index < -0.39 is 17.7 Å². The minimum absolute atomic E-state index is 0.120. The Morgan fingerprint density at radius 1 is 1.30 bits per heavy atom. The number of nitrogens with one attached hydrogen (secondary N) is 1. The fraction of sp³-hybridized carbons (Fsp3) is 0.368. The third kappa shape index (κ3) is 6.32. The lowest BCUT2D eigenvalue weighted by Crippen LogP contribution is -2.53. The van der Waals surface area contributed by atoms with Gasteiger partial charge in [-0.25, -0.2) is 9.18 Å². The minimum Gasteiger partial charge on any atom is -0.465 e. The number of nitrogens with zero attached hydrogens (tertiary/aromatic N) is 1. The lowest BCUT2D eigenvalue weighted by Gasteiger charge is -2.36. The number of amides is 2. The fourth-order valence-corrected chi connectivity index (χ4v) is 3.94. The second kappa shape index (κ2) is 8.84. The molecular weight excluding hydrogens is 435 g/mol. The van der Waals surface area contributed by atoms with Gasteiger partial charge < -0.3 is 15.3 Å². The third-order valence-corrected chi connectivity index (χ3v) is 5.66. The van der Waals surface area contributed by atoms with Gasteiger partial charge in [-0.3, -0.25) is 4.79 Å². The molecule has 27 heavy (non-hydrogen) atoms. The van der Waals surface area contributed by atoms with Gasteiger partial charge in [0.1, 0.15) is 5.82 Å². The van der Waals surface area contributed by atoms with Crippen LogP contribution in [-0.2, 0) is 6.42 Å². The van der Waals surface area contributed by atoms with E-state index in [1.165, 1.54) is 28.4 Å². The van der Waals surface area contributed by atoms with Gasteiger partial charge in [-0.05, 0) is 66.9 Å². The smallest absolute Gasteiger partial charge is 0.407 e. The summed E-state index contributed by atoms with van der Waals surface area (Å²) >= 11 is 4.62. The number of hydrogen-bond acceptors (Lipinski definition) is 3. The standard InChI is InChI=1S/C19H22BrFN2O3S/c1-19(2,3)23(18(25)26)10-15(8-12-4-6-14(21)7-5-12)22-17(24)16-9-13(20)11-27-16/h4-7,9,11,15H,8,10H2,1-3H3,(H,22,24)(H,25,26)/t15-/m0/s1. The van der Waals surface area contributed by atoms with E-state index in [-0.39, 0.29) is 18.3 Å². The second-order valence-electron chi connectivity index (χ2n) is 7.19. The molecular formula is C19H22BrFN2O3S. The Morgan fingerprint density at radius 2 is 1.93 bits per heavy atom. The third-order valence-electron chi connectivity index (χ3n) is 3.97. The summed E-state index contributed by atoms with van der Waals surface area (Å²) in [6.07, 6.45) is -0.668. The van der Waals surface area contributed by atoms with E-state index in [4.69, 9.17) is 0 Å². The molecule has 2 amide bonds. The number of hydrogen-bond donors (Lipinski definition) is 2. The molecule has 0 aliphatic rings. The predicted octanol–water partition coefficient (Wildman–Crippen LogP) is 4.77. The maximum atomic E-state index is 13.2. The summed E-state index contributed by atoms with van der Waals surface area (Å²) < 4.78 is 14.0. The quantitative estimate of drug-likeness (QED) is 0.657. The van der Waals surface area contributed by atoms with E-state index in [0.717, 1.165) is 10.0 Å². The summed E-state index contributed by atoms with van der Waals surface area (Å²) in [5.41, 5.74) is 0.192. The topological polar surface area (TPSA) is 69.6 Å². The number of carbonyl (C=O) groups excluding carboxylic acids is 1. The van der Waals surface area contributed by atoms with Crippen molar-refractivity contribution >= 4 is 39.3 Å². The number of carbonyl (C=O) groups is 2. The highest BCUT2D eigenvalue weighted by Crippen LogP contribution is 2.21. The summed E-state index contributed by atoms with van der Waals surface area (Å²) in [5, 5.41) is 14.3. The van der Waals surface area contributed by atoms with Gasteiger partial charge >= 0.3 is 6.09 Å². The Labute approximate surface area is 170 Å². The summed E-state index contributed by atoms with van der Waals surface area (Å²) in [6, 6.07) is 7.23. The van der Waals surface area contributed by atoms with Crippen molar-refractivity contribution in [2.45, 2.75) is 38.8 Å². The van der Waals surface area contributed by atoms with Gasteiger partial charge in [0, 0.05) is 21.9 Å². The molecule has 0 saturated heterocycles. The summed E-state index contributed by atoms with van der Waals surface area (Å²) in [4.78, 5) is 26.1. The van der Waals surface area contributed by atoms with Gasteiger partial charge in [0.05, 0.1) is 10.9 Å². The monoisotopic (exact) mass is 456 g/mol. The highest BCUT2D eigenvalue weighted by molar-refractivity contribution is 9.10. The molecule has 1 atom stereocenters. The van der Waals surface area contributed by atoms with Gasteiger partial charge in [-0.15, -0.1) is 11.3 Å². The molecule has 0 aliphatic carbocycles. The molecule has 146 valence electrons. The van der Waals surface area contributed by atoms with Crippen molar-refractivity contribution < 1.29 is 19.1 Å². The van der Waals surface area contributed by atoms with Crippen LogP contribution in [0.25, 0.3) is 0 Å². The fourth-order valence-electron chi connectivity index (χ4n) is 2.61. The van der Waals surface area contributed by atoms with Crippen molar-refractivity contribution in [2.75, 3.05) is 6.54 Å². The zero-order valence-corrected chi connectivity index (χ0v) is 17.7. The molecule has 8 heteroatoms. The molecule has 0 bridgehead atoms. The Morgan fingerprint density at radius 3 is 2.41 bits per heavy atom. The molecule has 1 heterocycles. The van der Waals surface area contributed by atoms with E-state index in [9.17, 15) is 19.1 Å². The van der Waals surface area contributed by atoms with Gasteiger partial charge in [0.2, 0.25) is 0 Å². The first-order valence-electron chi connectivity index (χ1n) is 8.36. The normalized spacial score (nSPS) is 12.5. The van der Waals surface area contributed by atoms with Crippen molar-refractivity contribution in [2.24, 2.45) is 0 Å². The summed E-state index contributed by atoms with van der Waals surface area (Å²) in [7, 11) is 0. The molecule has 1 aromatic carbocycles. The molecule has 1 aromatic heterocycles. The lowest BCUT2D eigenvalue weighted by molar-refractivity contribution is 0.0824. The molecule has 5 nitrogen and oxygen atoms in total. The van der Waals surface area contributed by atoms with Crippen LogP contribution in [0, 0.1) is 5.82 Å². The van der Waals surface area contributed by atoms with Crippen molar-refractivity contribution in [1.29, 1.82) is 0 Å². The molecule has 0 saturated carbocycles. The van der Waals surface area contributed by atoms with Gasteiger partial charge in [-0.1, -0.05) is 12.1 Å². The number of carboxylic acid groups (broad SMARTS) is 1. The van der Waals surface area contributed by atoms with E-state index in [0.29, 0.717) is 11.3 Å². The molecule has 2 N–H and O–H groups in total. The lowest BCUT2D eigenvalue weighted by atomic mass is 10.0. The Kier molecular flexibility index (Phi) is 7.00. The Hall–Kier alpha value is -1.93. The molecule has 2 rings (SSSR count). The zero-order valence-electron chi connectivity index (χ0n) is 15.3. The average molecular weight is 457 g/mol. The number of benzene rings is 1. The Bertz CT molecular complexity index is 802. The van der Waals surface area contributed by atoms with Crippen LogP contribution >= 0.6 is 27.3 Å². The summed E-state index contributed by atoms with van der Waals surface area (Å²) in [5.74, 6) is -0.610. The van der Waals surface area contributed by atoms with Crippen molar-refractivity contribution in [3.63, 3.8) is 0 Å². The number of rotatable bonds is 6. The van der Waals surface area contributed by atoms with E-state index >= 15 is 0 Å². The van der Waals surface area contributed by atoms with Crippen molar-refractivity contribution in [1.82, 2.24) is 10.2 Å². The maximum absolute atomic E-state index is 13.2. The molecule has 0 unspecified atom stereocenters. The second-order valence-corrected chi connectivity index (χ2v) is 9.02. The zero-order chi connectivity index (χ0) is 20.2. The van der Waals surface area contributed by atoms with Crippen LogP contribution in [0.3, 0.4) is 0 Å². The molecule has 0 radical (unpaired) electrons. The first-order chi connectivity index (χ1) is 12.6. The minimum atomic E-state index is -1.06. The highest BCUT2D eigenvalue weighted by Gasteiger charge is 2.29. The van der Waals surface area contributed by atoms with Crippen LogP contribution in [0.5, 0.6) is 0 Å². The van der Waals surface area contributed by atoms with Crippen LogP contribution in [-0.4, -0.2) is 40.1 Å². The number of thiophene rings is 1. The van der Waals surface area contributed by atoms with Crippen LogP contribution in [0.15, 0.2) is 40.2 Å². The van der Waals surface area contributed by atoms with Crippen LogP contribution in [0.4, 0.5) is 9.18 Å². The van der Waals surface area contributed by atoms with E-state index in [1.807, 2.05) is 5.38 Å². The van der Waals surface area contributed by atoms with Crippen LogP contribution < -0.4 is 5.32 Å². The highest BCUT2D eigenvalue weighted by atomic mass is 79.9. The molecule has 2 aromatic rings. The van der Waals surface area contributed by atoms with Crippen LogP contribution in [0.2, 0.25) is 0 Å². The SMILES string of the molecule is CC(C)(C)N(C[C@H](Cc1ccc(F)cc1)NC(=O)c1cc(Br)cs1)C(=O)O. The molecule has 0 aliphatic heterocycles. The first kappa shape index (κ1) is 21.4.